The predicted molar refractivity (Wildman–Crippen MR) is 91.7 cm³/mol. The van der Waals surface area contributed by atoms with E-state index in [0.29, 0.717) is 13.0 Å². The average molecular weight is 359 g/mol. The van der Waals surface area contributed by atoms with Crippen molar-refractivity contribution in [2.45, 2.75) is 38.3 Å². The lowest BCUT2D eigenvalue weighted by Crippen LogP contribution is -2.57. The van der Waals surface area contributed by atoms with Crippen molar-refractivity contribution in [3.05, 3.63) is 46.3 Å². The molecular weight excluding hydrogens is 338 g/mol. The number of benzene rings is 1. The van der Waals surface area contributed by atoms with Crippen molar-refractivity contribution in [2.75, 3.05) is 13.2 Å². The molecule has 2 aliphatic rings. The first kappa shape index (κ1) is 18.2. The van der Waals surface area contributed by atoms with Crippen LogP contribution in [0.5, 0.6) is 0 Å². The number of rotatable bonds is 6. The zero-order valence-corrected chi connectivity index (χ0v) is 14.4. The summed E-state index contributed by atoms with van der Waals surface area (Å²) in [5.74, 6) is -0.610. The number of ether oxygens (including phenoxy) is 2. The van der Waals surface area contributed by atoms with E-state index in [0.717, 1.165) is 5.56 Å². The Hall–Kier alpha value is -2.61. The van der Waals surface area contributed by atoms with Gasteiger partial charge in [0.15, 0.2) is 0 Å². The molecule has 0 bridgehead atoms. The van der Waals surface area contributed by atoms with Crippen LogP contribution >= 0.6 is 0 Å². The van der Waals surface area contributed by atoms with Gasteiger partial charge in [-0.1, -0.05) is 42.4 Å². The van der Waals surface area contributed by atoms with Gasteiger partial charge in [0.1, 0.15) is 6.23 Å². The standard InChI is InChI=1S/C17H21N5O4/c1-11-8-22(17(24)19-16(11)23)15-7-13(20-21-18)14(26-15)10-25-9-12-5-3-2-4-6-12/h2-6,11,13-15H,7-10H2,1H3,(H,19,23,24)/t11?,13-,14+,15+/m0/s1. The quantitative estimate of drug-likeness (QED) is 0.476. The average Bonchev–Trinajstić information content (AvgIpc) is 3.02. The van der Waals surface area contributed by atoms with Gasteiger partial charge in [-0.3, -0.25) is 15.0 Å². The second-order valence-corrected chi connectivity index (χ2v) is 6.49. The molecule has 0 spiro atoms. The van der Waals surface area contributed by atoms with Crippen LogP contribution in [0.15, 0.2) is 35.4 Å². The van der Waals surface area contributed by atoms with E-state index in [1.165, 1.54) is 4.90 Å². The minimum Gasteiger partial charge on any atom is -0.374 e. The molecule has 9 nitrogen and oxygen atoms in total. The highest BCUT2D eigenvalue weighted by molar-refractivity contribution is 5.97. The van der Waals surface area contributed by atoms with E-state index in [4.69, 9.17) is 15.0 Å². The molecule has 3 amide bonds. The minimum absolute atomic E-state index is 0.249. The summed E-state index contributed by atoms with van der Waals surface area (Å²) in [5, 5.41) is 6.10. The monoisotopic (exact) mass is 359 g/mol. The molecule has 0 saturated carbocycles. The third-order valence-electron chi connectivity index (χ3n) is 4.55. The maximum atomic E-state index is 12.1. The number of carbonyl (C=O) groups excluding carboxylic acids is 2. The highest BCUT2D eigenvalue weighted by Crippen LogP contribution is 2.28. The Morgan fingerprint density at radius 2 is 2.15 bits per heavy atom. The lowest BCUT2D eigenvalue weighted by atomic mass is 10.1. The topological polar surface area (TPSA) is 117 Å². The second kappa shape index (κ2) is 8.18. The Kier molecular flexibility index (Phi) is 5.72. The molecule has 138 valence electrons. The largest absolute Gasteiger partial charge is 0.374 e. The van der Waals surface area contributed by atoms with Crippen LogP contribution in [-0.4, -0.2) is 48.4 Å². The highest BCUT2D eigenvalue weighted by atomic mass is 16.6. The molecule has 1 aromatic rings. The molecule has 1 N–H and O–H groups in total. The highest BCUT2D eigenvalue weighted by Gasteiger charge is 2.42. The Morgan fingerprint density at radius 3 is 2.88 bits per heavy atom. The van der Waals surface area contributed by atoms with Crippen molar-refractivity contribution in [3.63, 3.8) is 0 Å². The summed E-state index contributed by atoms with van der Waals surface area (Å²) in [5.41, 5.74) is 9.83. The Bertz CT molecular complexity index is 706. The fourth-order valence-corrected chi connectivity index (χ4v) is 3.12. The number of amides is 3. The van der Waals surface area contributed by atoms with Crippen molar-refractivity contribution >= 4 is 11.9 Å². The maximum Gasteiger partial charge on any atom is 0.326 e. The van der Waals surface area contributed by atoms with Gasteiger partial charge in [0, 0.05) is 17.9 Å². The van der Waals surface area contributed by atoms with E-state index in [1.807, 2.05) is 30.3 Å². The molecule has 0 aliphatic carbocycles. The van der Waals surface area contributed by atoms with Gasteiger partial charge >= 0.3 is 6.03 Å². The van der Waals surface area contributed by atoms with E-state index in [-0.39, 0.29) is 25.0 Å². The number of carbonyl (C=O) groups is 2. The van der Waals surface area contributed by atoms with Crippen LogP contribution in [0.25, 0.3) is 10.4 Å². The molecule has 0 aromatic heterocycles. The van der Waals surface area contributed by atoms with Crippen molar-refractivity contribution in [2.24, 2.45) is 11.0 Å². The van der Waals surface area contributed by atoms with Gasteiger partial charge in [-0.2, -0.15) is 0 Å². The van der Waals surface area contributed by atoms with Crippen LogP contribution in [-0.2, 0) is 20.9 Å². The van der Waals surface area contributed by atoms with Gasteiger partial charge in [0.2, 0.25) is 5.91 Å². The van der Waals surface area contributed by atoms with Crippen molar-refractivity contribution in [1.82, 2.24) is 10.2 Å². The van der Waals surface area contributed by atoms with Crippen LogP contribution in [0.3, 0.4) is 0 Å². The first-order valence-electron chi connectivity index (χ1n) is 8.51. The normalized spacial score (nSPS) is 28.6. The van der Waals surface area contributed by atoms with Gasteiger partial charge in [0.25, 0.3) is 0 Å². The fraction of sp³-hybridized carbons (Fsp3) is 0.529. The first-order chi connectivity index (χ1) is 12.6. The lowest BCUT2D eigenvalue weighted by Gasteiger charge is -2.34. The molecule has 2 aliphatic heterocycles. The Labute approximate surface area is 150 Å². The molecule has 4 atom stereocenters. The number of hydrogen-bond acceptors (Lipinski definition) is 5. The third-order valence-corrected chi connectivity index (χ3v) is 4.55. The zero-order chi connectivity index (χ0) is 18.5. The summed E-state index contributed by atoms with van der Waals surface area (Å²) in [6.07, 6.45) is -0.621. The van der Waals surface area contributed by atoms with Crippen LogP contribution in [0.4, 0.5) is 4.79 Å². The third kappa shape index (κ3) is 4.13. The Balaban J connectivity index is 1.60. The van der Waals surface area contributed by atoms with Gasteiger partial charge in [-0.25, -0.2) is 4.79 Å². The molecular formula is C17H21N5O4. The summed E-state index contributed by atoms with van der Waals surface area (Å²) in [4.78, 5) is 28.0. The molecule has 3 rings (SSSR count). The number of urea groups is 1. The van der Waals surface area contributed by atoms with E-state index in [1.54, 1.807) is 6.92 Å². The van der Waals surface area contributed by atoms with Gasteiger partial charge < -0.3 is 9.47 Å². The molecule has 1 unspecified atom stereocenters. The van der Waals surface area contributed by atoms with Gasteiger partial charge in [-0.05, 0) is 11.1 Å². The molecule has 2 saturated heterocycles. The van der Waals surface area contributed by atoms with E-state index in [9.17, 15) is 9.59 Å². The van der Waals surface area contributed by atoms with Crippen LogP contribution in [0, 0.1) is 5.92 Å². The number of nitrogens with zero attached hydrogens (tertiary/aromatic N) is 4. The molecule has 26 heavy (non-hydrogen) atoms. The summed E-state index contributed by atoms with van der Waals surface area (Å²) in [6.45, 7) is 2.69. The summed E-state index contributed by atoms with van der Waals surface area (Å²) < 4.78 is 11.6. The zero-order valence-electron chi connectivity index (χ0n) is 14.4. The number of imide groups is 1. The van der Waals surface area contributed by atoms with Crippen molar-refractivity contribution in [1.29, 1.82) is 0 Å². The smallest absolute Gasteiger partial charge is 0.326 e. The number of nitrogens with one attached hydrogen (secondary N) is 1. The SMILES string of the molecule is CC1CN([C@H]2C[C@H](N=[N+]=[N-])[C@@H](COCc3ccccc3)O2)C(=O)NC1=O. The van der Waals surface area contributed by atoms with E-state index in [2.05, 4.69) is 15.3 Å². The van der Waals surface area contributed by atoms with Crippen molar-refractivity contribution < 1.29 is 19.1 Å². The summed E-state index contributed by atoms with van der Waals surface area (Å²) in [6, 6.07) is 8.80. The van der Waals surface area contributed by atoms with E-state index >= 15 is 0 Å². The first-order valence-corrected chi connectivity index (χ1v) is 8.51. The molecule has 9 heteroatoms. The Morgan fingerprint density at radius 1 is 1.38 bits per heavy atom. The van der Waals surface area contributed by atoms with Crippen LogP contribution < -0.4 is 5.32 Å². The van der Waals surface area contributed by atoms with Crippen LogP contribution in [0.1, 0.15) is 18.9 Å². The number of hydrogen-bond donors (Lipinski definition) is 1. The molecule has 0 radical (unpaired) electrons. The fourth-order valence-electron chi connectivity index (χ4n) is 3.12. The second-order valence-electron chi connectivity index (χ2n) is 6.49. The summed E-state index contributed by atoms with van der Waals surface area (Å²) in [7, 11) is 0. The summed E-state index contributed by atoms with van der Waals surface area (Å²) >= 11 is 0. The maximum absolute atomic E-state index is 12.1. The lowest BCUT2D eigenvalue weighted by molar-refractivity contribution is -0.128. The van der Waals surface area contributed by atoms with Gasteiger partial charge in [-0.15, -0.1) is 0 Å². The van der Waals surface area contributed by atoms with Gasteiger partial charge in [0.05, 0.1) is 31.3 Å². The van der Waals surface area contributed by atoms with Crippen molar-refractivity contribution in [3.8, 4) is 0 Å². The predicted octanol–water partition coefficient (Wildman–Crippen LogP) is 2.19. The number of azide groups is 1. The minimum atomic E-state index is -0.550. The van der Waals surface area contributed by atoms with Crippen LogP contribution in [0.2, 0.25) is 0 Å². The molecule has 2 heterocycles. The molecule has 2 fully saturated rings. The molecule has 1 aromatic carbocycles. The van der Waals surface area contributed by atoms with E-state index < -0.39 is 24.4 Å².